The Morgan fingerprint density at radius 2 is 2.06 bits per heavy atom. The van der Waals surface area contributed by atoms with Crippen LogP contribution >= 0.6 is 0 Å². The zero-order valence-corrected chi connectivity index (χ0v) is 19.6. The number of aliphatic hydroxyl groups excluding tert-OH is 1. The van der Waals surface area contributed by atoms with Gasteiger partial charge in [0, 0.05) is 12.2 Å². The molecule has 3 heterocycles. The number of amides is 2. The molecule has 3 fully saturated rings. The third-order valence-corrected chi connectivity index (χ3v) is 7.69. The molecule has 1 aromatic carbocycles. The largest absolute Gasteiger partial charge is 0.481 e. The van der Waals surface area contributed by atoms with Crippen molar-refractivity contribution in [1.29, 1.82) is 0 Å². The summed E-state index contributed by atoms with van der Waals surface area (Å²) in [7, 11) is 0. The lowest BCUT2D eigenvalue weighted by Gasteiger charge is -2.39. The minimum Gasteiger partial charge on any atom is -0.481 e. The average Bonchev–Trinajstić information content (AvgIpc) is 3.33. The van der Waals surface area contributed by atoms with Gasteiger partial charge in [0.15, 0.2) is 0 Å². The number of hydrogen-bond acceptors (Lipinski definition) is 5. The number of carboxylic acid groups (broad SMARTS) is 1. The molecule has 2 N–H and O–H groups in total. The Bertz CT molecular complexity index is 1020. The third kappa shape index (κ3) is 3.22. The molecule has 4 rings (SSSR count). The van der Waals surface area contributed by atoms with Crippen molar-refractivity contribution in [3.8, 4) is 0 Å². The summed E-state index contributed by atoms with van der Waals surface area (Å²) < 4.78 is 6.39. The number of benzene rings is 1. The molecule has 1 spiro atoms. The molecule has 3 aliphatic rings. The molecule has 0 radical (unpaired) electrons. The summed E-state index contributed by atoms with van der Waals surface area (Å²) in [5, 5.41) is 19.9. The number of anilines is 1. The standard InChI is InChI=1S/C25H32N2O6/c1-6-11-26(17-12-14(2)7-8-15(17)3)22(30)20-25-10-9-24(5,33-25)19(23(31)32)18(25)21(29)27(20)16(4)13-28/h6-8,12,16,18-20,28H,1,9-11,13H2,2-5H3,(H,31,32)/t16-,18+,19+,20?,24-,25?/m1/s1. The highest BCUT2D eigenvalue weighted by Crippen LogP contribution is 2.63. The summed E-state index contributed by atoms with van der Waals surface area (Å²) in [5.74, 6) is -3.90. The molecule has 3 aliphatic heterocycles. The van der Waals surface area contributed by atoms with E-state index >= 15 is 0 Å². The number of hydrogen-bond donors (Lipinski definition) is 2. The molecule has 8 nitrogen and oxygen atoms in total. The van der Waals surface area contributed by atoms with Crippen molar-refractivity contribution in [2.45, 2.75) is 63.8 Å². The predicted octanol–water partition coefficient (Wildman–Crippen LogP) is 2.05. The van der Waals surface area contributed by atoms with E-state index in [0.29, 0.717) is 18.5 Å². The quantitative estimate of drug-likeness (QED) is 0.608. The molecule has 33 heavy (non-hydrogen) atoms. The highest BCUT2D eigenvalue weighted by Gasteiger charge is 2.78. The van der Waals surface area contributed by atoms with Crippen molar-refractivity contribution in [2.75, 3.05) is 18.1 Å². The van der Waals surface area contributed by atoms with Crippen molar-refractivity contribution in [1.82, 2.24) is 4.90 Å². The second-order valence-electron chi connectivity index (χ2n) is 9.87. The van der Waals surface area contributed by atoms with E-state index in [1.807, 2.05) is 32.0 Å². The molecule has 3 saturated heterocycles. The van der Waals surface area contributed by atoms with E-state index in [0.717, 1.165) is 11.1 Å². The fourth-order valence-corrected chi connectivity index (χ4v) is 6.18. The minimum absolute atomic E-state index is 0.218. The summed E-state index contributed by atoms with van der Waals surface area (Å²) in [6, 6.07) is 4.10. The number of aryl methyl sites for hydroxylation is 2. The maximum absolute atomic E-state index is 14.3. The Kier molecular flexibility index (Phi) is 5.65. The van der Waals surface area contributed by atoms with Gasteiger partial charge in [0.05, 0.1) is 30.1 Å². The van der Waals surface area contributed by atoms with Crippen molar-refractivity contribution >= 4 is 23.5 Å². The topological polar surface area (TPSA) is 107 Å². The van der Waals surface area contributed by atoms with Gasteiger partial charge < -0.3 is 24.7 Å². The summed E-state index contributed by atoms with van der Waals surface area (Å²) in [5.41, 5.74) is 0.322. The van der Waals surface area contributed by atoms with Gasteiger partial charge >= 0.3 is 5.97 Å². The molecule has 0 saturated carbocycles. The smallest absolute Gasteiger partial charge is 0.310 e. The lowest BCUT2D eigenvalue weighted by atomic mass is 9.66. The van der Waals surface area contributed by atoms with Crippen LogP contribution in [0.25, 0.3) is 0 Å². The van der Waals surface area contributed by atoms with Crippen LogP contribution in [0.1, 0.15) is 37.8 Å². The van der Waals surface area contributed by atoms with Crippen LogP contribution < -0.4 is 4.90 Å². The number of likely N-dealkylation sites (tertiary alicyclic amines) is 1. The van der Waals surface area contributed by atoms with Gasteiger partial charge in [-0.1, -0.05) is 18.2 Å². The Morgan fingerprint density at radius 1 is 1.36 bits per heavy atom. The monoisotopic (exact) mass is 456 g/mol. The summed E-state index contributed by atoms with van der Waals surface area (Å²) in [6.07, 6.45) is 2.48. The molecule has 1 aromatic rings. The molecule has 2 bridgehead atoms. The number of carbonyl (C=O) groups excluding carboxylic acids is 2. The van der Waals surface area contributed by atoms with Crippen LogP contribution in [-0.4, -0.2) is 69.3 Å². The second-order valence-corrected chi connectivity index (χ2v) is 9.87. The molecular formula is C25H32N2O6. The lowest BCUT2D eigenvalue weighted by Crippen LogP contribution is -2.58. The van der Waals surface area contributed by atoms with E-state index < -0.39 is 47.0 Å². The van der Waals surface area contributed by atoms with E-state index in [4.69, 9.17) is 4.74 Å². The van der Waals surface area contributed by atoms with Gasteiger partial charge in [-0.05, 0) is 57.7 Å². The molecular weight excluding hydrogens is 424 g/mol. The zero-order chi connectivity index (χ0) is 24.3. The summed E-state index contributed by atoms with van der Waals surface area (Å²) in [6.45, 7) is 10.9. The fraction of sp³-hybridized carbons (Fsp3) is 0.560. The van der Waals surface area contributed by atoms with Crippen LogP contribution in [0.3, 0.4) is 0 Å². The highest BCUT2D eigenvalue weighted by atomic mass is 16.5. The zero-order valence-electron chi connectivity index (χ0n) is 19.6. The van der Waals surface area contributed by atoms with E-state index in [1.165, 1.54) is 4.90 Å². The maximum atomic E-state index is 14.3. The Morgan fingerprint density at radius 3 is 2.67 bits per heavy atom. The number of fused-ring (bicyclic) bond motifs is 1. The van der Waals surface area contributed by atoms with Crippen molar-refractivity contribution in [3.05, 3.63) is 42.0 Å². The van der Waals surface area contributed by atoms with Crippen molar-refractivity contribution in [3.63, 3.8) is 0 Å². The number of carbonyl (C=O) groups is 3. The molecule has 2 unspecified atom stereocenters. The summed E-state index contributed by atoms with van der Waals surface area (Å²) >= 11 is 0. The van der Waals surface area contributed by atoms with Crippen LogP contribution in [-0.2, 0) is 19.1 Å². The molecule has 6 atom stereocenters. The van der Waals surface area contributed by atoms with Gasteiger partial charge in [-0.2, -0.15) is 0 Å². The number of aliphatic hydroxyl groups is 1. The SMILES string of the molecule is C=CCN(C(=O)C1N([C@H](C)CO)C(=O)[C@@H]2[C@@H](C(=O)O)[C@@]3(C)CCC12O3)c1cc(C)ccc1C. The Labute approximate surface area is 193 Å². The normalized spacial score (nSPS) is 33.2. The van der Waals surface area contributed by atoms with Gasteiger partial charge in [-0.25, -0.2) is 0 Å². The fourth-order valence-electron chi connectivity index (χ4n) is 6.18. The molecule has 8 heteroatoms. The van der Waals surface area contributed by atoms with Crippen LogP contribution in [0.4, 0.5) is 5.69 Å². The first kappa shape index (κ1) is 23.4. The number of rotatable bonds is 7. The van der Waals surface area contributed by atoms with Crippen molar-refractivity contribution < 1.29 is 29.3 Å². The number of nitrogens with zero attached hydrogens (tertiary/aromatic N) is 2. The maximum Gasteiger partial charge on any atom is 0.310 e. The molecule has 0 aromatic heterocycles. The highest BCUT2D eigenvalue weighted by molar-refractivity contribution is 6.05. The molecule has 2 amide bonds. The van der Waals surface area contributed by atoms with Crippen LogP contribution in [0.15, 0.2) is 30.9 Å². The second kappa shape index (κ2) is 7.95. The Balaban J connectivity index is 1.86. The first-order chi connectivity index (χ1) is 15.5. The first-order valence-electron chi connectivity index (χ1n) is 11.4. The first-order valence-corrected chi connectivity index (χ1v) is 11.4. The predicted molar refractivity (Wildman–Crippen MR) is 122 cm³/mol. The van der Waals surface area contributed by atoms with E-state index in [1.54, 1.807) is 24.8 Å². The van der Waals surface area contributed by atoms with Crippen LogP contribution in [0, 0.1) is 25.7 Å². The van der Waals surface area contributed by atoms with Gasteiger partial charge in [-0.15, -0.1) is 6.58 Å². The Hall–Kier alpha value is -2.71. The van der Waals surface area contributed by atoms with E-state index in [2.05, 4.69) is 6.58 Å². The van der Waals surface area contributed by atoms with Crippen LogP contribution in [0.5, 0.6) is 0 Å². The molecule has 178 valence electrons. The van der Waals surface area contributed by atoms with Gasteiger partial charge in [0.2, 0.25) is 5.91 Å². The summed E-state index contributed by atoms with van der Waals surface area (Å²) in [4.78, 5) is 43.1. The number of carboxylic acids is 1. The third-order valence-electron chi connectivity index (χ3n) is 7.69. The molecule has 0 aliphatic carbocycles. The minimum atomic E-state index is -1.24. The average molecular weight is 457 g/mol. The van der Waals surface area contributed by atoms with Crippen molar-refractivity contribution in [2.24, 2.45) is 11.8 Å². The van der Waals surface area contributed by atoms with Gasteiger partial charge in [0.1, 0.15) is 11.6 Å². The van der Waals surface area contributed by atoms with E-state index in [-0.39, 0.29) is 19.1 Å². The van der Waals surface area contributed by atoms with Gasteiger partial charge in [0.25, 0.3) is 5.91 Å². The van der Waals surface area contributed by atoms with Crippen LogP contribution in [0.2, 0.25) is 0 Å². The lowest BCUT2D eigenvalue weighted by molar-refractivity contribution is -0.155. The number of ether oxygens (including phenoxy) is 1. The van der Waals surface area contributed by atoms with E-state index in [9.17, 15) is 24.6 Å². The van der Waals surface area contributed by atoms with Gasteiger partial charge in [-0.3, -0.25) is 14.4 Å². The number of aliphatic carboxylic acids is 1.